The number of hydrogen-bond acceptors (Lipinski definition) is 0. The molecule has 0 N–H and O–H groups in total. The molecule has 0 unspecified atom stereocenters. The van der Waals surface area contributed by atoms with E-state index < -0.39 is 0 Å². The van der Waals surface area contributed by atoms with Crippen molar-refractivity contribution in [2.45, 2.75) is 6.42 Å². The Morgan fingerprint density at radius 1 is 1.67 bits per heavy atom. The molecule has 0 aromatic heterocycles. The van der Waals surface area contributed by atoms with Gasteiger partial charge in [0, 0.05) is 0 Å². The van der Waals surface area contributed by atoms with E-state index in [1.165, 1.54) is 0 Å². The molecule has 0 aromatic carbocycles. The van der Waals surface area contributed by atoms with Gasteiger partial charge in [-0.3, -0.25) is 6.08 Å². The van der Waals surface area contributed by atoms with Crippen molar-refractivity contribution in [1.82, 2.24) is 0 Å². The van der Waals surface area contributed by atoms with Crippen LogP contribution < -0.4 is 0 Å². The first-order chi connectivity index (χ1) is 2.50. The van der Waals surface area contributed by atoms with E-state index >= 15 is 0 Å². The van der Waals surface area contributed by atoms with Gasteiger partial charge in [-0.15, -0.1) is 6.42 Å². The van der Waals surface area contributed by atoms with Gasteiger partial charge in [0.15, 0.2) is 0 Å². The summed E-state index contributed by atoms with van der Waals surface area (Å²) in [7, 11) is 0. The summed E-state index contributed by atoms with van der Waals surface area (Å²) in [6.07, 6.45) is 10.0. The number of rotatable bonds is 0. The van der Waals surface area contributed by atoms with E-state index in [2.05, 4.69) is 12.2 Å². The molecule has 0 nitrogen and oxygen atoms in total. The van der Waals surface area contributed by atoms with E-state index in [4.69, 9.17) is 0 Å². The van der Waals surface area contributed by atoms with Crippen LogP contribution in [-0.4, -0.2) is 0 Å². The maximum absolute atomic E-state index is 2.99. The van der Waals surface area contributed by atoms with Gasteiger partial charge in [0.05, 0.1) is 0 Å². The van der Waals surface area contributed by atoms with Crippen LogP contribution in [0, 0.1) is 6.08 Å². The Morgan fingerprint density at radius 3 is 2.67 bits per heavy atom. The zero-order chi connectivity index (χ0) is 3.54. The van der Waals surface area contributed by atoms with E-state index in [0.717, 1.165) is 6.42 Å². The van der Waals surface area contributed by atoms with Crippen LogP contribution in [0.5, 0.6) is 0 Å². The largest absolute Gasteiger partial charge is 3.00 e. The molecule has 0 aliphatic heterocycles. The molecule has 0 spiro atoms. The van der Waals surface area contributed by atoms with Gasteiger partial charge >= 0.3 is 26.2 Å². The summed E-state index contributed by atoms with van der Waals surface area (Å²) >= 11 is 0. The van der Waals surface area contributed by atoms with Crippen LogP contribution in [0.2, 0.25) is 0 Å². The molecule has 1 rings (SSSR count). The Kier molecular flexibility index (Phi) is 3.76. The second kappa shape index (κ2) is 3.55. The van der Waals surface area contributed by atoms with E-state index in [1.54, 1.807) is 0 Å². The monoisotopic (exact) mass is 157 g/mol. The fourth-order valence-electron chi connectivity index (χ4n) is 0.340. The van der Waals surface area contributed by atoms with Crippen LogP contribution in [-0.2, 0) is 26.2 Å². The summed E-state index contributed by atoms with van der Waals surface area (Å²) in [5.41, 5.74) is 0. The summed E-state index contributed by atoms with van der Waals surface area (Å²) < 4.78 is 0. The Bertz CT molecular complexity index is 68.5. The standard InChI is InChI=1S/C5H5.Zr.2H/c1-2-4-5-3-1;;;/h1-3H,4H2;;;/q-1;+3;2*-1. The molecule has 1 radical (unpaired) electrons. The van der Waals surface area contributed by atoms with Crippen molar-refractivity contribution >= 4 is 0 Å². The topological polar surface area (TPSA) is 0 Å². The quantitative estimate of drug-likeness (QED) is 0.469. The number of allylic oxidation sites excluding steroid dienone is 4. The minimum absolute atomic E-state index is 0. The molecule has 1 aliphatic carbocycles. The predicted molar refractivity (Wildman–Crippen MR) is 23.8 cm³/mol. The van der Waals surface area contributed by atoms with Gasteiger partial charge in [-0.2, -0.15) is 6.08 Å². The summed E-state index contributed by atoms with van der Waals surface area (Å²) in [4.78, 5) is 0. The van der Waals surface area contributed by atoms with Crippen LogP contribution in [0.25, 0.3) is 0 Å². The molecular formula is C5H7Zr. The van der Waals surface area contributed by atoms with E-state index in [-0.39, 0.29) is 29.1 Å². The third-order valence-corrected chi connectivity index (χ3v) is 0.586. The molecule has 0 saturated heterocycles. The molecule has 1 aliphatic rings. The first-order valence-corrected chi connectivity index (χ1v) is 1.72. The fourth-order valence-corrected chi connectivity index (χ4v) is 0.340. The fraction of sp³-hybridized carbons (Fsp3) is 0.200. The van der Waals surface area contributed by atoms with Gasteiger partial charge in [0.25, 0.3) is 0 Å². The van der Waals surface area contributed by atoms with Crippen molar-refractivity contribution in [2.75, 3.05) is 0 Å². The summed E-state index contributed by atoms with van der Waals surface area (Å²) in [6.45, 7) is 0. The van der Waals surface area contributed by atoms with Crippen molar-refractivity contribution in [3.63, 3.8) is 0 Å². The minimum atomic E-state index is 0. The summed E-state index contributed by atoms with van der Waals surface area (Å²) in [6, 6.07) is 0. The Hall–Kier alpha value is 0.363. The summed E-state index contributed by atoms with van der Waals surface area (Å²) in [5.74, 6) is 0. The van der Waals surface area contributed by atoms with Gasteiger partial charge in [-0.05, 0) is 0 Å². The maximum atomic E-state index is 2.99. The molecule has 0 aromatic rings. The second-order valence-electron chi connectivity index (χ2n) is 1.00. The molecule has 0 saturated carbocycles. The van der Waals surface area contributed by atoms with Gasteiger partial charge < -0.3 is 2.85 Å². The van der Waals surface area contributed by atoms with E-state index in [0.29, 0.717) is 0 Å². The minimum Gasteiger partial charge on any atom is -1.00 e. The van der Waals surface area contributed by atoms with Crippen molar-refractivity contribution in [3.05, 3.63) is 24.3 Å². The zero-order valence-electron chi connectivity index (χ0n) is 5.44. The molecule has 0 fully saturated rings. The van der Waals surface area contributed by atoms with Crippen LogP contribution in [0.3, 0.4) is 0 Å². The Balaban J connectivity index is -0.0000000833. The number of hydrogen-bond donors (Lipinski definition) is 0. The van der Waals surface area contributed by atoms with Gasteiger partial charge in [-0.25, -0.2) is 12.2 Å². The first-order valence-electron chi connectivity index (χ1n) is 1.72. The van der Waals surface area contributed by atoms with Crippen LogP contribution in [0.4, 0.5) is 0 Å². The average Bonchev–Trinajstić information content (AvgIpc) is 1.76. The maximum Gasteiger partial charge on any atom is 3.00 e. The van der Waals surface area contributed by atoms with Crippen molar-refractivity contribution in [3.8, 4) is 0 Å². The summed E-state index contributed by atoms with van der Waals surface area (Å²) in [5, 5.41) is 0. The second-order valence-corrected chi connectivity index (χ2v) is 1.00. The molecule has 0 heterocycles. The first kappa shape index (κ1) is 6.36. The molecule has 0 atom stereocenters. The molecular weight excluding hydrogens is 151 g/mol. The zero-order valence-corrected chi connectivity index (χ0v) is 5.90. The van der Waals surface area contributed by atoms with Gasteiger partial charge in [-0.1, -0.05) is 0 Å². The van der Waals surface area contributed by atoms with Crippen molar-refractivity contribution in [2.24, 2.45) is 0 Å². The van der Waals surface area contributed by atoms with Crippen LogP contribution in [0.1, 0.15) is 9.27 Å². The Labute approximate surface area is 60.0 Å². The molecule has 1 heteroatoms. The SMILES string of the molecule is [C-]1=CC=CC1.[H-].[H-].[Zr+3]. The molecule has 0 bridgehead atoms. The van der Waals surface area contributed by atoms with Crippen LogP contribution >= 0.6 is 0 Å². The normalized spacial score (nSPS) is 14.7. The van der Waals surface area contributed by atoms with Gasteiger partial charge in [0.2, 0.25) is 0 Å². The average molecular weight is 158 g/mol. The van der Waals surface area contributed by atoms with Crippen molar-refractivity contribution in [1.29, 1.82) is 0 Å². The van der Waals surface area contributed by atoms with E-state index in [1.807, 2.05) is 12.2 Å². The third kappa shape index (κ3) is 1.72. The van der Waals surface area contributed by atoms with Crippen LogP contribution in [0.15, 0.2) is 18.2 Å². The molecule has 6 heavy (non-hydrogen) atoms. The van der Waals surface area contributed by atoms with Crippen molar-refractivity contribution < 1.29 is 29.1 Å². The van der Waals surface area contributed by atoms with E-state index in [9.17, 15) is 0 Å². The third-order valence-electron chi connectivity index (χ3n) is 0.586. The molecule has 0 amide bonds. The molecule has 31 valence electrons. The smallest absolute Gasteiger partial charge is 1.00 e. The predicted octanol–water partition coefficient (Wildman–Crippen LogP) is 1.53. The Morgan fingerprint density at radius 2 is 2.50 bits per heavy atom. The van der Waals surface area contributed by atoms with Gasteiger partial charge in [0.1, 0.15) is 0 Å².